The molecule has 2 aromatic rings. The topological polar surface area (TPSA) is 124 Å². The highest BCUT2D eigenvalue weighted by Gasteiger charge is 2.39. The molecule has 256 valence electrons. The van der Waals surface area contributed by atoms with Crippen LogP contribution in [0.5, 0.6) is 0 Å². The monoisotopic (exact) mass is 652 g/mol. The van der Waals surface area contributed by atoms with E-state index in [1.807, 2.05) is 20.8 Å². The molecule has 47 heavy (non-hydrogen) atoms. The highest BCUT2D eigenvalue weighted by Crippen LogP contribution is 2.33. The summed E-state index contributed by atoms with van der Waals surface area (Å²) in [5.74, 6) is -2.18. The first kappa shape index (κ1) is 36.1. The lowest BCUT2D eigenvalue weighted by atomic mass is 9.81. The fraction of sp³-hybridized carbons (Fsp3) is 0.568. The van der Waals surface area contributed by atoms with Gasteiger partial charge in [0, 0.05) is 5.41 Å². The van der Waals surface area contributed by atoms with E-state index in [0.29, 0.717) is 39.3 Å². The minimum absolute atomic E-state index is 0.0264. The van der Waals surface area contributed by atoms with Crippen LogP contribution in [-0.2, 0) is 28.4 Å². The van der Waals surface area contributed by atoms with Crippen LogP contribution in [0.25, 0.3) is 0 Å². The first-order valence-electron chi connectivity index (χ1n) is 16.7. The van der Waals surface area contributed by atoms with Crippen molar-refractivity contribution in [2.45, 2.75) is 66.2 Å². The van der Waals surface area contributed by atoms with Crippen molar-refractivity contribution in [3.8, 4) is 0 Å². The van der Waals surface area contributed by atoms with Crippen LogP contribution in [0.4, 0.5) is 0 Å². The van der Waals surface area contributed by atoms with E-state index < -0.39 is 29.3 Å². The van der Waals surface area contributed by atoms with Crippen molar-refractivity contribution in [1.82, 2.24) is 0 Å². The third kappa shape index (κ3) is 9.20. The molecule has 2 aliphatic heterocycles. The fourth-order valence-electron chi connectivity index (χ4n) is 5.43. The molecule has 0 amide bonds. The predicted molar refractivity (Wildman–Crippen MR) is 173 cm³/mol. The Morgan fingerprint density at radius 2 is 1.02 bits per heavy atom. The van der Waals surface area contributed by atoms with Gasteiger partial charge in [0.1, 0.15) is 26.4 Å². The second kappa shape index (κ2) is 16.4. The standard InChI is InChI=1S/C37H48O10/c1-5-9-16-35(6-2,23-44-31(38)27-12-10-14-29(17-27)33(40)46-25-36(7-3)19-42-20-36)24-45-32(39)28-13-11-15-30(18-28)34(41)47-26-37(8-4)21-43-22-37/h10-15,17-18H,5-9,16,19-26H2,1-4H3. The van der Waals surface area contributed by atoms with E-state index in [1.54, 1.807) is 36.4 Å². The summed E-state index contributed by atoms with van der Waals surface area (Å²) in [4.78, 5) is 51.8. The maximum Gasteiger partial charge on any atom is 0.338 e. The summed E-state index contributed by atoms with van der Waals surface area (Å²) in [6.45, 7) is 10.9. The van der Waals surface area contributed by atoms with E-state index in [9.17, 15) is 19.2 Å². The molecular formula is C37H48O10. The Labute approximate surface area is 277 Å². The number of benzene rings is 2. The minimum Gasteiger partial charge on any atom is -0.461 e. The number of ether oxygens (including phenoxy) is 6. The summed E-state index contributed by atoms with van der Waals surface area (Å²) in [6, 6.07) is 12.6. The number of hydrogen-bond acceptors (Lipinski definition) is 10. The maximum absolute atomic E-state index is 13.1. The molecule has 0 bridgehead atoms. The molecule has 0 aliphatic carbocycles. The van der Waals surface area contributed by atoms with Crippen molar-refractivity contribution in [2.75, 3.05) is 52.9 Å². The van der Waals surface area contributed by atoms with Crippen molar-refractivity contribution >= 4 is 23.9 Å². The molecule has 4 rings (SSSR count). The van der Waals surface area contributed by atoms with Gasteiger partial charge in [0.05, 0.1) is 59.5 Å². The van der Waals surface area contributed by atoms with Gasteiger partial charge in [-0.15, -0.1) is 0 Å². The SMILES string of the molecule is CCCCC(CC)(COC(=O)c1cccc(C(=O)OCC2(CC)COC2)c1)COC(=O)c1cccc(C(=O)OCC2(CC)COC2)c1. The number of rotatable bonds is 18. The van der Waals surface area contributed by atoms with Crippen molar-refractivity contribution in [3.05, 3.63) is 70.8 Å². The molecule has 0 spiro atoms. The number of unbranched alkanes of at least 4 members (excludes halogenated alkanes) is 1. The van der Waals surface area contributed by atoms with E-state index in [-0.39, 0.29) is 59.5 Å². The molecule has 2 fully saturated rings. The Morgan fingerprint density at radius 3 is 1.32 bits per heavy atom. The van der Waals surface area contributed by atoms with Gasteiger partial charge < -0.3 is 28.4 Å². The van der Waals surface area contributed by atoms with Gasteiger partial charge in [0.15, 0.2) is 0 Å². The van der Waals surface area contributed by atoms with E-state index in [4.69, 9.17) is 28.4 Å². The Hall–Kier alpha value is -3.76. The number of hydrogen-bond donors (Lipinski definition) is 0. The molecule has 0 aromatic heterocycles. The molecule has 0 saturated carbocycles. The zero-order valence-electron chi connectivity index (χ0n) is 28.1. The van der Waals surface area contributed by atoms with Gasteiger partial charge in [-0.3, -0.25) is 0 Å². The van der Waals surface area contributed by atoms with E-state index in [2.05, 4.69) is 6.92 Å². The first-order chi connectivity index (χ1) is 22.6. The van der Waals surface area contributed by atoms with Gasteiger partial charge in [0.2, 0.25) is 0 Å². The molecule has 2 aromatic carbocycles. The third-order valence-corrected chi connectivity index (χ3v) is 9.65. The molecule has 0 radical (unpaired) electrons. The van der Waals surface area contributed by atoms with E-state index in [1.165, 1.54) is 12.1 Å². The summed E-state index contributed by atoms with van der Waals surface area (Å²) in [7, 11) is 0. The van der Waals surface area contributed by atoms with Crippen LogP contribution in [0.15, 0.2) is 48.5 Å². The Kier molecular flexibility index (Phi) is 12.6. The molecule has 0 N–H and O–H groups in total. The van der Waals surface area contributed by atoms with Gasteiger partial charge >= 0.3 is 23.9 Å². The Balaban J connectivity index is 1.35. The average molecular weight is 653 g/mol. The van der Waals surface area contributed by atoms with Gasteiger partial charge in [-0.1, -0.05) is 52.7 Å². The molecule has 2 aliphatic rings. The number of esters is 4. The lowest BCUT2D eigenvalue weighted by molar-refractivity contribution is -0.140. The molecule has 2 heterocycles. The quantitative estimate of drug-likeness (QED) is 0.131. The van der Waals surface area contributed by atoms with Gasteiger partial charge in [-0.25, -0.2) is 19.2 Å². The van der Waals surface area contributed by atoms with Gasteiger partial charge in [-0.05, 0) is 62.1 Å². The van der Waals surface area contributed by atoms with Crippen LogP contribution in [0, 0.1) is 16.2 Å². The molecule has 10 nitrogen and oxygen atoms in total. The molecule has 0 atom stereocenters. The van der Waals surface area contributed by atoms with Crippen LogP contribution in [0.3, 0.4) is 0 Å². The molecule has 0 unspecified atom stereocenters. The van der Waals surface area contributed by atoms with E-state index in [0.717, 1.165) is 25.7 Å². The smallest absolute Gasteiger partial charge is 0.338 e. The van der Waals surface area contributed by atoms with Crippen LogP contribution in [0.2, 0.25) is 0 Å². The zero-order valence-corrected chi connectivity index (χ0v) is 28.1. The van der Waals surface area contributed by atoms with Crippen LogP contribution in [-0.4, -0.2) is 76.7 Å². The maximum atomic E-state index is 13.1. The lowest BCUT2D eigenvalue weighted by Crippen LogP contribution is -2.46. The number of carbonyl (C=O) groups excluding carboxylic acids is 4. The van der Waals surface area contributed by atoms with Crippen molar-refractivity contribution < 1.29 is 47.6 Å². The largest absolute Gasteiger partial charge is 0.461 e. The lowest BCUT2D eigenvalue weighted by Gasteiger charge is -2.39. The Morgan fingerprint density at radius 1 is 0.638 bits per heavy atom. The summed E-state index contributed by atoms with van der Waals surface area (Å²) < 4.78 is 33.2. The fourth-order valence-corrected chi connectivity index (χ4v) is 5.43. The predicted octanol–water partition coefficient (Wildman–Crippen LogP) is 6.45. The zero-order chi connectivity index (χ0) is 33.9. The number of carbonyl (C=O) groups is 4. The molecule has 10 heteroatoms. The highest BCUT2D eigenvalue weighted by molar-refractivity contribution is 5.96. The second-order valence-corrected chi connectivity index (χ2v) is 13.1. The third-order valence-electron chi connectivity index (χ3n) is 9.65. The van der Waals surface area contributed by atoms with Crippen LogP contribution >= 0.6 is 0 Å². The second-order valence-electron chi connectivity index (χ2n) is 13.1. The minimum atomic E-state index is -0.618. The van der Waals surface area contributed by atoms with Gasteiger partial charge in [-0.2, -0.15) is 0 Å². The van der Waals surface area contributed by atoms with Crippen molar-refractivity contribution in [2.24, 2.45) is 16.2 Å². The summed E-state index contributed by atoms with van der Waals surface area (Å²) in [6.07, 6.45) is 4.71. The van der Waals surface area contributed by atoms with Crippen LogP contribution in [0.1, 0.15) is 108 Å². The van der Waals surface area contributed by atoms with Gasteiger partial charge in [0.25, 0.3) is 0 Å². The van der Waals surface area contributed by atoms with E-state index >= 15 is 0 Å². The first-order valence-corrected chi connectivity index (χ1v) is 16.7. The van der Waals surface area contributed by atoms with Crippen molar-refractivity contribution in [1.29, 1.82) is 0 Å². The Bertz CT molecular complexity index is 1280. The molecule has 2 saturated heterocycles. The van der Waals surface area contributed by atoms with Crippen molar-refractivity contribution in [3.63, 3.8) is 0 Å². The van der Waals surface area contributed by atoms with Crippen LogP contribution < -0.4 is 0 Å². The summed E-state index contributed by atoms with van der Waals surface area (Å²) in [5.41, 5.74) is 0.0831. The summed E-state index contributed by atoms with van der Waals surface area (Å²) in [5, 5.41) is 0. The highest BCUT2D eigenvalue weighted by atomic mass is 16.6. The average Bonchev–Trinajstić information content (AvgIpc) is 3.07. The summed E-state index contributed by atoms with van der Waals surface area (Å²) >= 11 is 0. The molecular weight excluding hydrogens is 604 g/mol. The normalized spacial score (nSPS) is 16.3.